The Balaban J connectivity index is 1.87. The maximum Gasteiger partial charge on any atom is 0.0390 e. The third-order valence-corrected chi connectivity index (χ3v) is 4.25. The van der Waals surface area contributed by atoms with Crippen LogP contribution in [0.15, 0.2) is 54.6 Å². The standard InChI is InChI=1S/C18H23N3/c19-17-9-5-4-8-16(17)14-18(15-6-2-1-3-7-15)21-12-10-20-11-13-21/h1-9,18,20H,10-14,19H2. The molecule has 1 aliphatic rings. The van der Waals surface area contributed by atoms with Crippen molar-refractivity contribution in [3.8, 4) is 0 Å². The number of hydrogen-bond donors (Lipinski definition) is 2. The molecule has 1 heterocycles. The Kier molecular flexibility index (Phi) is 4.53. The minimum Gasteiger partial charge on any atom is -0.399 e. The highest BCUT2D eigenvalue weighted by Crippen LogP contribution is 2.27. The summed E-state index contributed by atoms with van der Waals surface area (Å²) in [7, 11) is 0. The van der Waals surface area contributed by atoms with E-state index in [1.54, 1.807) is 0 Å². The Morgan fingerprint density at radius 2 is 1.62 bits per heavy atom. The van der Waals surface area contributed by atoms with E-state index in [1.807, 2.05) is 12.1 Å². The number of para-hydroxylation sites is 1. The first kappa shape index (κ1) is 14.1. The van der Waals surface area contributed by atoms with Crippen LogP contribution in [0.3, 0.4) is 0 Å². The van der Waals surface area contributed by atoms with Crippen molar-refractivity contribution < 1.29 is 0 Å². The topological polar surface area (TPSA) is 41.3 Å². The molecule has 3 heteroatoms. The predicted molar refractivity (Wildman–Crippen MR) is 88.2 cm³/mol. The molecule has 1 saturated heterocycles. The number of benzene rings is 2. The van der Waals surface area contributed by atoms with Gasteiger partial charge in [0, 0.05) is 37.9 Å². The SMILES string of the molecule is Nc1ccccc1CC(c1ccccc1)N1CCNCC1. The molecule has 3 rings (SSSR count). The van der Waals surface area contributed by atoms with Crippen molar-refractivity contribution in [1.29, 1.82) is 0 Å². The lowest BCUT2D eigenvalue weighted by molar-refractivity contribution is 0.172. The summed E-state index contributed by atoms with van der Waals surface area (Å²) in [6.45, 7) is 4.31. The third-order valence-electron chi connectivity index (χ3n) is 4.25. The van der Waals surface area contributed by atoms with Gasteiger partial charge in [0.25, 0.3) is 0 Å². The lowest BCUT2D eigenvalue weighted by atomic mass is 9.96. The summed E-state index contributed by atoms with van der Waals surface area (Å²) in [6, 6.07) is 19.4. The number of nitrogens with two attached hydrogens (primary N) is 1. The van der Waals surface area contributed by atoms with Gasteiger partial charge in [-0.1, -0.05) is 48.5 Å². The first-order valence-electron chi connectivity index (χ1n) is 7.67. The van der Waals surface area contributed by atoms with Crippen LogP contribution in [0, 0.1) is 0 Å². The van der Waals surface area contributed by atoms with Gasteiger partial charge >= 0.3 is 0 Å². The number of nitrogens with zero attached hydrogens (tertiary/aromatic N) is 1. The van der Waals surface area contributed by atoms with Crippen LogP contribution in [-0.2, 0) is 6.42 Å². The molecule has 1 atom stereocenters. The number of nitrogen functional groups attached to an aromatic ring is 1. The maximum atomic E-state index is 6.15. The van der Waals surface area contributed by atoms with E-state index in [2.05, 4.69) is 52.7 Å². The van der Waals surface area contributed by atoms with Crippen LogP contribution in [0.4, 0.5) is 5.69 Å². The van der Waals surface area contributed by atoms with E-state index in [9.17, 15) is 0 Å². The molecule has 3 nitrogen and oxygen atoms in total. The van der Waals surface area contributed by atoms with Crippen LogP contribution in [-0.4, -0.2) is 31.1 Å². The van der Waals surface area contributed by atoms with Crippen LogP contribution in [0.5, 0.6) is 0 Å². The van der Waals surface area contributed by atoms with Gasteiger partial charge in [0.15, 0.2) is 0 Å². The molecule has 21 heavy (non-hydrogen) atoms. The average molecular weight is 281 g/mol. The van der Waals surface area contributed by atoms with Crippen molar-refractivity contribution >= 4 is 5.69 Å². The Hall–Kier alpha value is -1.84. The second-order valence-electron chi connectivity index (χ2n) is 5.62. The molecule has 0 bridgehead atoms. The quantitative estimate of drug-likeness (QED) is 0.846. The smallest absolute Gasteiger partial charge is 0.0390 e. The van der Waals surface area contributed by atoms with E-state index in [-0.39, 0.29) is 0 Å². The molecule has 0 aromatic heterocycles. The highest BCUT2D eigenvalue weighted by atomic mass is 15.2. The Bertz CT molecular complexity index is 562. The van der Waals surface area contributed by atoms with Gasteiger partial charge in [0.05, 0.1) is 0 Å². The molecule has 0 radical (unpaired) electrons. The fraction of sp³-hybridized carbons (Fsp3) is 0.333. The normalized spacial score (nSPS) is 17.5. The maximum absolute atomic E-state index is 6.15. The van der Waals surface area contributed by atoms with Crippen LogP contribution in [0.2, 0.25) is 0 Å². The molecule has 1 unspecified atom stereocenters. The third kappa shape index (κ3) is 3.43. The van der Waals surface area contributed by atoms with Gasteiger partial charge < -0.3 is 11.1 Å². The van der Waals surface area contributed by atoms with Gasteiger partial charge in [0.2, 0.25) is 0 Å². The fourth-order valence-corrected chi connectivity index (χ4v) is 3.06. The molecule has 110 valence electrons. The van der Waals surface area contributed by atoms with Gasteiger partial charge in [-0.3, -0.25) is 4.90 Å². The second kappa shape index (κ2) is 6.74. The molecular formula is C18H23N3. The zero-order chi connectivity index (χ0) is 14.5. The van der Waals surface area contributed by atoms with E-state index in [0.29, 0.717) is 6.04 Å². The van der Waals surface area contributed by atoms with Gasteiger partial charge in [-0.2, -0.15) is 0 Å². The van der Waals surface area contributed by atoms with Crippen molar-refractivity contribution in [3.05, 3.63) is 65.7 Å². The van der Waals surface area contributed by atoms with Gasteiger partial charge in [0.1, 0.15) is 0 Å². The first-order valence-corrected chi connectivity index (χ1v) is 7.67. The Morgan fingerprint density at radius 1 is 0.952 bits per heavy atom. The minimum absolute atomic E-state index is 0.401. The highest BCUT2D eigenvalue weighted by Gasteiger charge is 2.22. The lowest BCUT2D eigenvalue weighted by Crippen LogP contribution is -2.45. The predicted octanol–water partition coefficient (Wildman–Crippen LogP) is 2.46. The van der Waals surface area contributed by atoms with Gasteiger partial charge in [-0.25, -0.2) is 0 Å². The van der Waals surface area contributed by atoms with Crippen LogP contribution in [0.1, 0.15) is 17.2 Å². The molecule has 0 saturated carbocycles. The summed E-state index contributed by atoms with van der Waals surface area (Å²) in [6.07, 6.45) is 0.969. The first-order chi connectivity index (χ1) is 10.3. The molecule has 0 spiro atoms. The number of hydrogen-bond acceptors (Lipinski definition) is 3. The molecule has 2 aromatic rings. The summed E-state index contributed by atoms with van der Waals surface area (Å²) in [5.41, 5.74) is 9.66. The largest absolute Gasteiger partial charge is 0.399 e. The molecule has 1 aliphatic heterocycles. The summed E-state index contributed by atoms with van der Waals surface area (Å²) in [5.74, 6) is 0. The lowest BCUT2D eigenvalue weighted by Gasteiger charge is -2.35. The Labute approximate surface area is 126 Å². The van der Waals surface area contributed by atoms with E-state index in [0.717, 1.165) is 38.3 Å². The Morgan fingerprint density at radius 3 is 2.33 bits per heavy atom. The highest BCUT2D eigenvalue weighted by molar-refractivity contribution is 5.47. The van der Waals surface area contributed by atoms with Crippen molar-refractivity contribution in [2.24, 2.45) is 0 Å². The van der Waals surface area contributed by atoms with Crippen molar-refractivity contribution in [2.45, 2.75) is 12.5 Å². The van der Waals surface area contributed by atoms with E-state index >= 15 is 0 Å². The van der Waals surface area contributed by atoms with Crippen molar-refractivity contribution in [1.82, 2.24) is 10.2 Å². The summed E-state index contributed by atoms with van der Waals surface area (Å²) >= 11 is 0. The van der Waals surface area contributed by atoms with Gasteiger partial charge in [-0.15, -0.1) is 0 Å². The van der Waals surface area contributed by atoms with Crippen LogP contribution < -0.4 is 11.1 Å². The number of nitrogens with one attached hydrogen (secondary N) is 1. The molecule has 3 N–H and O–H groups in total. The second-order valence-corrected chi connectivity index (χ2v) is 5.62. The molecule has 0 amide bonds. The summed E-state index contributed by atoms with van der Waals surface area (Å²) in [4.78, 5) is 2.57. The monoisotopic (exact) mass is 281 g/mol. The number of anilines is 1. The zero-order valence-corrected chi connectivity index (χ0v) is 12.3. The van der Waals surface area contributed by atoms with Gasteiger partial charge in [-0.05, 0) is 23.6 Å². The molecular weight excluding hydrogens is 258 g/mol. The van der Waals surface area contributed by atoms with E-state index < -0.39 is 0 Å². The summed E-state index contributed by atoms with van der Waals surface area (Å²) in [5, 5.41) is 3.43. The molecule has 1 fully saturated rings. The van der Waals surface area contributed by atoms with E-state index in [1.165, 1.54) is 11.1 Å². The fourth-order valence-electron chi connectivity index (χ4n) is 3.06. The van der Waals surface area contributed by atoms with Crippen molar-refractivity contribution in [2.75, 3.05) is 31.9 Å². The van der Waals surface area contributed by atoms with E-state index in [4.69, 9.17) is 5.73 Å². The minimum atomic E-state index is 0.401. The average Bonchev–Trinajstić information content (AvgIpc) is 2.56. The summed E-state index contributed by atoms with van der Waals surface area (Å²) < 4.78 is 0. The molecule has 0 aliphatic carbocycles. The van der Waals surface area contributed by atoms with Crippen LogP contribution in [0.25, 0.3) is 0 Å². The van der Waals surface area contributed by atoms with Crippen molar-refractivity contribution in [3.63, 3.8) is 0 Å². The molecule has 2 aromatic carbocycles. The zero-order valence-electron chi connectivity index (χ0n) is 12.3. The van der Waals surface area contributed by atoms with Crippen LogP contribution >= 0.6 is 0 Å². The number of rotatable bonds is 4. The number of piperazine rings is 1.